The zero-order valence-electron chi connectivity index (χ0n) is 13.5. The zero-order valence-corrected chi connectivity index (χ0v) is 13.5. The predicted molar refractivity (Wildman–Crippen MR) is 92.8 cm³/mol. The molecule has 1 fully saturated rings. The maximum atomic E-state index is 12.9. The molecule has 3 N–H and O–H groups in total. The molecule has 0 aliphatic carbocycles. The summed E-state index contributed by atoms with van der Waals surface area (Å²) in [4.78, 5) is 13.6. The minimum atomic E-state index is -0.238. The minimum Gasteiger partial charge on any atom is -0.381 e. The molecular weight excluding hydrogens is 305 g/mol. The number of nitrogens with two attached hydrogens (primary N) is 1. The molecule has 2 aromatic carbocycles. The number of primary amides is 1. The normalized spacial score (nSPS) is 17.8. The van der Waals surface area contributed by atoms with Gasteiger partial charge in [0.2, 0.25) is 5.91 Å². The molecule has 24 heavy (non-hydrogen) atoms. The van der Waals surface area contributed by atoms with Crippen LogP contribution in [0, 0.1) is 5.82 Å². The van der Waals surface area contributed by atoms with Crippen molar-refractivity contribution < 1.29 is 9.18 Å². The van der Waals surface area contributed by atoms with Gasteiger partial charge >= 0.3 is 0 Å². The van der Waals surface area contributed by atoms with E-state index < -0.39 is 0 Å². The first-order chi connectivity index (χ1) is 11.6. The largest absolute Gasteiger partial charge is 0.381 e. The van der Waals surface area contributed by atoms with E-state index in [4.69, 9.17) is 5.73 Å². The van der Waals surface area contributed by atoms with Gasteiger partial charge in [0.15, 0.2) is 0 Å². The number of nitrogens with zero attached hydrogens (tertiary/aromatic N) is 1. The second-order valence-corrected chi connectivity index (χ2v) is 6.21. The highest BCUT2D eigenvalue weighted by atomic mass is 19.1. The van der Waals surface area contributed by atoms with E-state index in [1.54, 1.807) is 12.1 Å². The average Bonchev–Trinajstić information content (AvgIpc) is 3.03. The fourth-order valence-corrected chi connectivity index (χ4v) is 3.16. The molecule has 0 spiro atoms. The Morgan fingerprint density at radius 3 is 2.75 bits per heavy atom. The van der Waals surface area contributed by atoms with E-state index in [2.05, 4.69) is 22.3 Å². The summed E-state index contributed by atoms with van der Waals surface area (Å²) in [6.45, 7) is 2.26. The summed E-state index contributed by atoms with van der Waals surface area (Å²) in [5.41, 5.74) is 8.65. The summed E-state index contributed by atoms with van der Waals surface area (Å²) in [6, 6.07) is 14.5. The zero-order chi connectivity index (χ0) is 16.9. The SMILES string of the molecule is NC(=O)[C@H]1CCCN1Cc1cccc(NCc2ccc(F)cc2)c1. The van der Waals surface area contributed by atoms with Crippen LogP contribution < -0.4 is 11.1 Å². The maximum absolute atomic E-state index is 12.9. The van der Waals surface area contributed by atoms with Crippen molar-refractivity contribution in [3.05, 3.63) is 65.5 Å². The molecule has 1 atom stereocenters. The average molecular weight is 327 g/mol. The van der Waals surface area contributed by atoms with Gasteiger partial charge in [-0.2, -0.15) is 0 Å². The first-order valence-corrected chi connectivity index (χ1v) is 8.22. The van der Waals surface area contributed by atoms with E-state index in [1.165, 1.54) is 12.1 Å². The second kappa shape index (κ2) is 7.45. The first kappa shape index (κ1) is 16.5. The lowest BCUT2D eigenvalue weighted by Gasteiger charge is -2.22. The lowest BCUT2D eigenvalue weighted by atomic mass is 10.1. The Labute approximate surface area is 141 Å². The van der Waals surface area contributed by atoms with Crippen molar-refractivity contribution in [1.29, 1.82) is 0 Å². The molecule has 1 heterocycles. The molecule has 1 saturated heterocycles. The number of rotatable bonds is 6. The summed E-state index contributed by atoms with van der Waals surface area (Å²) in [6.07, 6.45) is 1.86. The Kier molecular flexibility index (Phi) is 5.11. The summed E-state index contributed by atoms with van der Waals surface area (Å²) < 4.78 is 12.9. The minimum absolute atomic E-state index is 0.152. The standard InChI is InChI=1S/C19H22FN3O/c20-16-8-6-14(7-9-16)12-22-17-4-1-3-15(11-17)13-23-10-2-5-18(23)19(21)24/h1,3-4,6-9,11,18,22H,2,5,10,12-13H2,(H2,21,24)/t18-/m1/s1. The first-order valence-electron chi connectivity index (χ1n) is 8.22. The number of carbonyl (C=O) groups excluding carboxylic acids is 1. The van der Waals surface area contributed by atoms with Gasteiger partial charge in [-0.15, -0.1) is 0 Å². The van der Waals surface area contributed by atoms with Crippen LogP contribution in [-0.2, 0) is 17.9 Å². The molecule has 4 nitrogen and oxygen atoms in total. The third-order valence-electron chi connectivity index (χ3n) is 4.41. The van der Waals surface area contributed by atoms with Crippen LogP contribution >= 0.6 is 0 Å². The number of halogens is 1. The molecular formula is C19H22FN3O. The summed E-state index contributed by atoms with van der Waals surface area (Å²) in [5.74, 6) is -0.464. The Hall–Kier alpha value is -2.40. The summed E-state index contributed by atoms with van der Waals surface area (Å²) in [5, 5.41) is 3.35. The van der Waals surface area contributed by atoms with Crippen LogP contribution in [-0.4, -0.2) is 23.4 Å². The number of carbonyl (C=O) groups is 1. The fraction of sp³-hybridized carbons (Fsp3) is 0.316. The van der Waals surface area contributed by atoms with Crippen LogP contribution in [0.5, 0.6) is 0 Å². The van der Waals surface area contributed by atoms with Crippen molar-refractivity contribution in [2.24, 2.45) is 5.73 Å². The Morgan fingerprint density at radius 1 is 1.21 bits per heavy atom. The molecule has 5 heteroatoms. The van der Waals surface area contributed by atoms with Crippen LogP contribution in [0.15, 0.2) is 48.5 Å². The van der Waals surface area contributed by atoms with Gasteiger partial charge in [-0.1, -0.05) is 24.3 Å². The molecule has 0 aromatic heterocycles. The predicted octanol–water partition coefficient (Wildman–Crippen LogP) is 2.89. The topological polar surface area (TPSA) is 58.4 Å². The van der Waals surface area contributed by atoms with Crippen molar-refractivity contribution in [3.8, 4) is 0 Å². The number of likely N-dealkylation sites (tertiary alicyclic amines) is 1. The van der Waals surface area contributed by atoms with Crippen LogP contribution in [0.2, 0.25) is 0 Å². The van der Waals surface area contributed by atoms with E-state index in [9.17, 15) is 9.18 Å². The van der Waals surface area contributed by atoms with E-state index >= 15 is 0 Å². The smallest absolute Gasteiger partial charge is 0.234 e. The summed E-state index contributed by atoms with van der Waals surface area (Å²) >= 11 is 0. The third kappa shape index (κ3) is 4.11. The number of hydrogen-bond acceptors (Lipinski definition) is 3. The number of anilines is 1. The van der Waals surface area contributed by atoms with E-state index in [-0.39, 0.29) is 17.8 Å². The van der Waals surface area contributed by atoms with Gasteiger partial charge < -0.3 is 11.1 Å². The van der Waals surface area contributed by atoms with Gasteiger partial charge in [0.25, 0.3) is 0 Å². The summed E-state index contributed by atoms with van der Waals surface area (Å²) in [7, 11) is 0. The molecule has 1 aliphatic rings. The van der Waals surface area contributed by atoms with Crippen molar-refractivity contribution >= 4 is 11.6 Å². The number of hydrogen-bond donors (Lipinski definition) is 2. The Bertz CT molecular complexity index is 702. The van der Waals surface area contributed by atoms with Gasteiger partial charge in [-0.05, 0) is 54.8 Å². The molecule has 0 radical (unpaired) electrons. The monoisotopic (exact) mass is 327 g/mol. The molecule has 0 unspecified atom stereocenters. The van der Waals surface area contributed by atoms with Gasteiger partial charge in [0.1, 0.15) is 5.82 Å². The van der Waals surface area contributed by atoms with Crippen molar-refractivity contribution in [2.45, 2.75) is 32.0 Å². The quantitative estimate of drug-likeness (QED) is 0.858. The van der Waals surface area contributed by atoms with Gasteiger partial charge in [-0.25, -0.2) is 4.39 Å². The van der Waals surface area contributed by atoms with Crippen molar-refractivity contribution in [2.75, 3.05) is 11.9 Å². The molecule has 0 saturated carbocycles. The Balaban J connectivity index is 1.61. The molecule has 2 aromatic rings. The third-order valence-corrected chi connectivity index (χ3v) is 4.41. The number of nitrogens with one attached hydrogen (secondary N) is 1. The number of benzene rings is 2. The Morgan fingerprint density at radius 2 is 2.00 bits per heavy atom. The van der Waals surface area contributed by atoms with Crippen LogP contribution in [0.3, 0.4) is 0 Å². The second-order valence-electron chi connectivity index (χ2n) is 6.21. The fourth-order valence-electron chi connectivity index (χ4n) is 3.16. The lowest BCUT2D eigenvalue weighted by molar-refractivity contribution is -0.122. The highest BCUT2D eigenvalue weighted by Crippen LogP contribution is 2.21. The van der Waals surface area contributed by atoms with Crippen LogP contribution in [0.25, 0.3) is 0 Å². The highest BCUT2D eigenvalue weighted by molar-refractivity contribution is 5.80. The molecule has 1 amide bonds. The molecule has 0 bridgehead atoms. The van der Waals surface area contributed by atoms with Crippen molar-refractivity contribution in [3.63, 3.8) is 0 Å². The van der Waals surface area contributed by atoms with Gasteiger partial charge in [0.05, 0.1) is 6.04 Å². The molecule has 3 rings (SSSR count). The molecule has 1 aliphatic heterocycles. The van der Waals surface area contributed by atoms with Crippen molar-refractivity contribution in [1.82, 2.24) is 4.90 Å². The van der Waals surface area contributed by atoms with Gasteiger partial charge in [-0.3, -0.25) is 9.69 Å². The van der Waals surface area contributed by atoms with Crippen LogP contribution in [0.4, 0.5) is 10.1 Å². The van der Waals surface area contributed by atoms with E-state index in [1.807, 2.05) is 12.1 Å². The van der Waals surface area contributed by atoms with Crippen LogP contribution in [0.1, 0.15) is 24.0 Å². The van der Waals surface area contributed by atoms with Gasteiger partial charge in [0, 0.05) is 18.8 Å². The maximum Gasteiger partial charge on any atom is 0.234 e. The lowest BCUT2D eigenvalue weighted by Crippen LogP contribution is -2.39. The highest BCUT2D eigenvalue weighted by Gasteiger charge is 2.28. The molecule has 126 valence electrons. The van der Waals surface area contributed by atoms with E-state index in [0.29, 0.717) is 6.54 Å². The van der Waals surface area contributed by atoms with E-state index in [0.717, 1.165) is 42.7 Å². The number of amides is 1.